The van der Waals surface area contributed by atoms with Gasteiger partial charge in [-0.1, -0.05) is 24.3 Å². The second-order valence-electron chi connectivity index (χ2n) is 5.17. The molecule has 8 heteroatoms. The van der Waals surface area contributed by atoms with E-state index in [-0.39, 0.29) is 22.3 Å². The third-order valence-electron chi connectivity index (χ3n) is 3.45. The van der Waals surface area contributed by atoms with Crippen LogP contribution in [0.15, 0.2) is 36.4 Å². The Hall–Kier alpha value is -3.94. The van der Waals surface area contributed by atoms with E-state index in [1.54, 1.807) is 0 Å². The standard InChI is InChI=1S/C18H12O8/c19-15(20)11-6-9(7-12(8-11)16(21)22)4-5-10-2-1-3-13(17(23)24)14(10)18(25)26/h1-8H,(H,19,20)(H,21,22)(H,23,24)(H,25,26). The molecule has 2 rings (SSSR count). The molecule has 0 bridgehead atoms. The predicted octanol–water partition coefficient (Wildman–Crippen LogP) is 2.65. The van der Waals surface area contributed by atoms with Gasteiger partial charge in [0.2, 0.25) is 0 Å². The van der Waals surface area contributed by atoms with Crippen molar-refractivity contribution in [3.05, 3.63) is 69.8 Å². The molecule has 0 aliphatic heterocycles. The van der Waals surface area contributed by atoms with Gasteiger partial charge in [-0.05, 0) is 35.4 Å². The fourth-order valence-electron chi connectivity index (χ4n) is 2.31. The second-order valence-corrected chi connectivity index (χ2v) is 5.17. The van der Waals surface area contributed by atoms with E-state index in [0.717, 1.165) is 12.1 Å². The van der Waals surface area contributed by atoms with Crippen LogP contribution < -0.4 is 0 Å². The van der Waals surface area contributed by atoms with E-state index in [1.165, 1.54) is 36.4 Å². The lowest BCUT2D eigenvalue weighted by molar-refractivity contribution is 0.0651. The Morgan fingerprint density at radius 3 is 1.73 bits per heavy atom. The van der Waals surface area contributed by atoms with Crippen LogP contribution in [-0.4, -0.2) is 44.3 Å². The van der Waals surface area contributed by atoms with Crippen molar-refractivity contribution in [1.29, 1.82) is 0 Å². The van der Waals surface area contributed by atoms with Crippen LogP contribution in [0.5, 0.6) is 0 Å². The normalized spacial score (nSPS) is 10.6. The van der Waals surface area contributed by atoms with Crippen molar-refractivity contribution < 1.29 is 39.6 Å². The Kier molecular flexibility index (Phi) is 5.17. The summed E-state index contributed by atoms with van der Waals surface area (Å²) in [5.41, 5.74) is -1.03. The molecule has 0 radical (unpaired) electrons. The van der Waals surface area contributed by atoms with Gasteiger partial charge in [0.1, 0.15) is 0 Å². The quantitative estimate of drug-likeness (QED) is 0.577. The van der Waals surface area contributed by atoms with E-state index in [4.69, 9.17) is 15.3 Å². The molecule has 0 atom stereocenters. The first kappa shape index (κ1) is 18.4. The van der Waals surface area contributed by atoms with Gasteiger partial charge < -0.3 is 20.4 Å². The molecule has 0 fully saturated rings. The first-order valence-electron chi connectivity index (χ1n) is 7.10. The van der Waals surface area contributed by atoms with Crippen molar-refractivity contribution in [1.82, 2.24) is 0 Å². The summed E-state index contributed by atoms with van der Waals surface area (Å²) in [6, 6.07) is 7.32. The van der Waals surface area contributed by atoms with Crippen LogP contribution in [0.4, 0.5) is 0 Å². The fraction of sp³-hybridized carbons (Fsp3) is 0. The Morgan fingerprint density at radius 1 is 0.692 bits per heavy atom. The minimum Gasteiger partial charge on any atom is -0.478 e. The highest BCUT2D eigenvalue weighted by Crippen LogP contribution is 2.19. The molecule has 0 aliphatic rings. The smallest absolute Gasteiger partial charge is 0.337 e. The zero-order chi connectivity index (χ0) is 19.4. The maximum Gasteiger partial charge on any atom is 0.337 e. The second kappa shape index (κ2) is 7.31. The molecule has 0 saturated heterocycles. The summed E-state index contributed by atoms with van der Waals surface area (Å²) in [6.07, 6.45) is 2.59. The van der Waals surface area contributed by atoms with E-state index in [0.29, 0.717) is 0 Å². The lowest BCUT2D eigenvalue weighted by atomic mass is 9.99. The summed E-state index contributed by atoms with van der Waals surface area (Å²) in [7, 11) is 0. The molecule has 132 valence electrons. The molecule has 0 aliphatic carbocycles. The third kappa shape index (κ3) is 3.93. The van der Waals surface area contributed by atoms with Gasteiger partial charge in [-0.15, -0.1) is 0 Å². The monoisotopic (exact) mass is 356 g/mol. The number of carboxylic acid groups (broad SMARTS) is 4. The van der Waals surface area contributed by atoms with Crippen LogP contribution in [0.25, 0.3) is 12.2 Å². The summed E-state index contributed by atoms with van der Waals surface area (Å²) in [4.78, 5) is 44.8. The first-order valence-corrected chi connectivity index (χ1v) is 7.10. The average Bonchev–Trinajstić information content (AvgIpc) is 2.58. The highest BCUT2D eigenvalue weighted by molar-refractivity contribution is 6.05. The highest BCUT2D eigenvalue weighted by Gasteiger charge is 2.18. The Morgan fingerprint density at radius 2 is 1.27 bits per heavy atom. The number of rotatable bonds is 6. The number of carbonyl (C=O) groups is 4. The number of benzene rings is 2. The summed E-state index contributed by atoms with van der Waals surface area (Å²) in [5.74, 6) is -5.48. The summed E-state index contributed by atoms with van der Waals surface area (Å²) in [5, 5.41) is 36.5. The molecule has 2 aromatic carbocycles. The van der Waals surface area contributed by atoms with E-state index in [9.17, 15) is 24.3 Å². The number of aromatic carboxylic acids is 4. The van der Waals surface area contributed by atoms with E-state index >= 15 is 0 Å². The van der Waals surface area contributed by atoms with Crippen LogP contribution in [0.3, 0.4) is 0 Å². The molecule has 0 spiro atoms. The number of hydrogen-bond donors (Lipinski definition) is 4. The van der Waals surface area contributed by atoms with Gasteiger partial charge in [0.05, 0.1) is 22.3 Å². The predicted molar refractivity (Wildman–Crippen MR) is 89.6 cm³/mol. The van der Waals surface area contributed by atoms with Gasteiger partial charge >= 0.3 is 23.9 Å². The Bertz CT molecular complexity index is 923. The molecule has 26 heavy (non-hydrogen) atoms. The molecule has 4 N–H and O–H groups in total. The molecule has 2 aromatic rings. The largest absolute Gasteiger partial charge is 0.478 e. The Labute approximate surface area is 146 Å². The van der Waals surface area contributed by atoms with Crippen molar-refractivity contribution in [3.63, 3.8) is 0 Å². The molecular weight excluding hydrogens is 344 g/mol. The minimum atomic E-state index is -1.44. The van der Waals surface area contributed by atoms with Crippen molar-refractivity contribution in [2.24, 2.45) is 0 Å². The van der Waals surface area contributed by atoms with Crippen LogP contribution in [0.1, 0.15) is 52.6 Å². The van der Waals surface area contributed by atoms with Crippen molar-refractivity contribution in [2.75, 3.05) is 0 Å². The van der Waals surface area contributed by atoms with Crippen molar-refractivity contribution in [3.8, 4) is 0 Å². The van der Waals surface area contributed by atoms with E-state index in [2.05, 4.69) is 0 Å². The lowest BCUT2D eigenvalue weighted by Gasteiger charge is -2.06. The van der Waals surface area contributed by atoms with Crippen LogP contribution in [0.2, 0.25) is 0 Å². The van der Waals surface area contributed by atoms with Crippen molar-refractivity contribution >= 4 is 36.0 Å². The van der Waals surface area contributed by atoms with Gasteiger partial charge in [0.25, 0.3) is 0 Å². The molecule has 8 nitrogen and oxygen atoms in total. The topological polar surface area (TPSA) is 149 Å². The van der Waals surface area contributed by atoms with Gasteiger partial charge in [-0.25, -0.2) is 19.2 Å². The lowest BCUT2D eigenvalue weighted by Crippen LogP contribution is -2.09. The van der Waals surface area contributed by atoms with Gasteiger partial charge in [0.15, 0.2) is 0 Å². The zero-order valence-electron chi connectivity index (χ0n) is 13.0. The average molecular weight is 356 g/mol. The molecular formula is C18H12O8. The molecule has 0 saturated carbocycles. The Balaban J connectivity index is 2.56. The molecule has 0 unspecified atom stereocenters. The summed E-state index contributed by atoms with van der Waals surface area (Å²) >= 11 is 0. The maximum atomic E-state index is 11.4. The maximum absolute atomic E-state index is 11.4. The molecule has 0 amide bonds. The molecule has 0 heterocycles. The summed E-state index contributed by atoms with van der Waals surface area (Å²) < 4.78 is 0. The zero-order valence-corrected chi connectivity index (χ0v) is 13.0. The third-order valence-corrected chi connectivity index (χ3v) is 3.45. The van der Waals surface area contributed by atoms with Crippen molar-refractivity contribution in [2.45, 2.75) is 0 Å². The number of carboxylic acids is 4. The van der Waals surface area contributed by atoms with E-state index in [1.807, 2.05) is 0 Å². The highest BCUT2D eigenvalue weighted by atomic mass is 16.4. The minimum absolute atomic E-state index is 0.0787. The first-order chi connectivity index (χ1) is 12.2. The summed E-state index contributed by atoms with van der Waals surface area (Å²) in [6.45, 7) is 0. The SMILES string of the molecule is O=C(O)c1cc(C=Cc2cccc(C(=O)O)c2C(=O)O)cc(C(=O)O)c1. The van der Waals surface area contributed by atoms with Gasteiger partial charge in [-0.3, -0.25) is 0 Å². The van der Waals surface area contributed by atoms with Crippen LogP contribution >= 0.6 is 0 Å². The van der Waals surface area contributed by atoms with Gasteiger partial charge in [0, 0.05) is 0 Å². The fourth-order valence-corrected chi connectivity index (χ4v) is 2.31. The van der Waals surface area contributed by atoms with Gasteiger partial charge in [-0.2, -0.15) is 0 Å². The number of hydrogen-bond acceptors (Lipinski definition) is 4. The van der Waals surface area contributed by atoms with Crippen LogP contribution in [0, 0.1) is 0 Å². The van der Waals surface area contributed by atoms with Crippen LogP contribution in [-0.2, 0) is 0 Å². The van der Waals surface area contributed by atoms with E-state index < -0.39 is 35.0 Å². The molecule has 0 aromatic heterocycles.